The number of hydrogen-bond donors (Lipinski definition) is 0. The molecule has 1 atom stereocenters. The SMILES string of the molecule is O=C1c2ccccc2C(=O)N1[C@H](CCl)c1ccc(Cl)c(Cl)c1Cl. The van der Waals surface area contributed by atoms with Gasteiger partial charge >= 0.3 is 0 Å². The molecule has 0 saturated carbocycles. The van der Waals surface area contributed by atoms with Crippen molar-refractivity contribution in [1.29, 1.82) is 0 Å². The quantitative estimate of drug-likeness (QED) is 0.410. The fourth-order valence-corrected chi connectivity index (χ4v) is 3.55. The molecule has 0 bridgehead atoms. The van der Waals surface area contributed by atoms with Crippen molar-refractivity contribution >= 4 is 58.2 Å². The Morgan fingerprint density at radius 3 is 1.96 bits per heavy atom. The first-order valence-corrected chi connectivity index (χ1v) is 8.30. The zero-order valence-electron chi connectivity index (χ0n) is 11.5. The average Bonchev–Trinajstić information content (AvgIpc) is 2.81. The lowest BCUT2D eigenvalue weighted by Gasteiger charge is -2.26. The summed E-state index contributed by atoms with van der Waals surface area (Å²) in [6.45, 7) is 0. The number of hydrogen-bond acceptors (Lipinski definition) is 2. The Labute approximate surface area is 152 Å². The van der Waals surface area contributed by atoms with Crippen LogP contribution in [0.15, 0.2) is 36.4 Å². The van der Waals surface area contributed by atoms with Crippen molar-refractivity contribution in [2.24, 2.45) is 0 Å². The van der Waals surface area contributed by atoms with Gasteiger partial charge in [0, 0.05) is 5.88 Å². The van der Waals surface area contributed by atoms with Crippen LogP contribution in [0.3, 0.4) is 0 Å². The van der Waals surface area contributed by atoms with Gasteiger partial charge in [-0.25, -0.2) is 0 Å². The largest absolute Gasteiger partial charge is 0.269 e. The van der Waals surface area contributed by atoms with Crippen molar-refractivity contribution in [3.8, 4) is 0 Å². The Hall–Kier alpha value is -1.26. The van der Waals surface area contributed by atoms with Gasteiger partial charge in [0.15, 0.2) is 0 Å². The summed E-state index contributed by atoms with van der Waals surface area (Å²) < 4.78 is 0. The van der Waals surface area contributed by atoms with Gasteiger partial charge in [0.1, 0.15) is 0 Å². The molecule has 118 valence electrons. The van der Waals surface area contributed by atoms with Gasteiger partial charge in [0.25, 0.3) is 11.8 Å². The molecule has 1 heterocycles. The average molecular weight is 389 g/mol. The van der Waals surface area contributed by atoms with E-state index in [1.807, 2.05) is 0 Å². The maximum atomic E-state index is 12.6. The van der Waals surface area contributed by atoms with Crippen LogP contribution >= 0.6 is 46.4 Å². The molecular formula is C16H9Cl4NO2. The molecule has 0 fully saturated rings. The van der Waals surface area contributed by atoms with Gasteiger partial charge in [-0.05, 0) is 23.8 Å². The van der Waals surface area contributed by atoms with E-state index in [4.69, 9.17) is 46.4 Å². The molecule has 0 aliphatic carbocycles. The van der Waals surface area contributed by atoms with Gasteiger partial charge in [-0.3, -0.25) is 14.5 Å². The van der Waals surface area contributed by atoms with Crippen LogP contribution in [0.5, 0.6) is 0 Å². The first kappa shape index (κ1) is 16.6. The van der Waals surface area contributed by atoms with Crippen molar-refractivity contribution < 1.29 is 9.59 Å². The Bertz CT molecular complexity index is 787. The third-order valence-electron chi connectivity index (χ3n) is 3.71. The van der Waals surface area contributed by atoms with E-state index in [0.29, 0.717) is 16.7 Å². The van der Waals surface area contributed by atoms with E-state index >= 15 is 0 Å². The van der Waals surface area contributed by atoms with Crippen molar-refractivity contribution in [2.75, 3.05) is 5.88 Å². The summed E-state index contributed by atoms with van der Waals surface area (Å²) in [4.78, 5) is 26.3. The Morgan fingerprint density at radius 2 is 1.43 bits per heavy atom. The molecule has 0 radical (unpaired) electrons. The smallest absolute Gasteiger partial charge is 0.262 e. The summed E-state index contributed by atoms with van der Waals surface area (Å²) in [7, 11) is 0. The minimum Gasteiger partial charge on any atom is -0.269 e. The lowest BCUT2D eigenvalue weighted by molar-refractivity contribution is 0.0597. The molecule has 2 aromatic rings. The van der Waals surface area contributed by atoms with Crippen LogP contribution < -0.4 is 0 Å². The minimum absolute atomic E-state index is 0.0108. The molecule has 3 nitrogen and oxygen atoms in total. The molecular weight excluding hydrogens is 380 g/mol. The monoisotopic (exact) mass is 387 g/mol. The van der Waals surface area contributed by atoms with Crippen molar-refractivity contribution in [3.63, 3.8) is 0 Å². The molecule has 7 heteroatoms. The second-order valence-corrected chi connectivity index (χ2v) is 6.43. The highest BCUT2D eigenvalue weighted by atomic mass is 35.5. The lowest BCUT2D eigenvalue weighted by atomic mass is 10.1. The first-order valence-electron chi connectivity index (χ1n) is 6.63. The van der Waals surface area contributed by atoms with E-state index in [-0.39, 0.29) is 20.9 Å². The normalized spacial score (nSPS) is 15.0. The maximum absolute atomic E-state index is 12.6. The molecule has 1 aliphatic rings. The predicted molar refractivity (Wildman–Crippen MR) is 91.9 cm³/mol. The third kappa shape index (κ3) is 2.62. The molecule has 0 spiro atoms. The van der Waals surface area contributed by atoms with Crippen molar-refractivity contribution in [1.82, 2.24) is 4.90 Å². The standard InChI is InChI=1S/C16H9Cl4NO2/c17-7-12(10-5-6-11(18)14(20)13(10)19)21-15(22)8-3-1-2-4-9(8)16(21)23/h1-6,12H,7H2/t12-/m1/s1. The summed E-state index contributed by atoms with van der Waals surface area (Å²) >= 11 is 24.3. The molecule has 2 amide bonds. The number of amides is 2. The summed E-state index contributed by atoms with van der Waals surface area (Å²) in [5, 5.41) is 0.634. The van der Waals surface area contributed by atoms with E-state index in [9.17, 15) is 9.59 Å². The second kappa shape index (κ2) is 6.33. The zero-order chi connectivity index (χ0) is 16.7. The second-order valence-electron chi connectivity index (χ2n) is 4.96. The van der Waals surface area contributed by atoms with E-state index in [0.717, 1.165) is 4.90 Å². The molecule has 0 N–H and O–H groups in total. The molecule has 23 heavy (non-hydrogen) atoms. The molecule has 0 saturated heterocycles. The number of imide groups is 1. The molecule has 0 unspecified atom stereocenters. The van der Waals surface area contributed by atoms with Crippen molar-refractivity contribution in [2.45, 2.75) is 6.04 Å². The van der Waals surface area contributed by atoms with Crippen LogP contribution in [0.4, 0.5) is 0 Å². The van der Waals surface area contributed by atoms with E-state index in [2.05, 4.69) is 0 Å². The highest BCUT2D eigenvalue weighted by molar-refractivity contribution is 6.48. The number of alkyl halides is 1. The van der Waals surface area contributed by atoms with Crippen LogP contribution in [0.25, 0.3) is 0 Å². The van der Waals surface area contributed by atoms with Crippen LogP contribution in [-0.4, -0.2) is 22.6 Å². The Kier molecular flexibility index (Phi) is 4.56. The number of halogens is 4. The van der Waals surface area contributed by atoms with Crippen LogP contribution in [0, 0.1) is 0 Å². The number of benzene rings is 2. The van der Waals surface area contributed by atoms with Crippen LogP contribution in [0.2, 0.25) is 15.1 Å². The summed E-state index contributed by atoms with van der Waals surface area (Å²) in [5.41, 5.74) is 1.18. The van der Waals surface area contributed by atoms with Gasteiger partial charge in [-0.15, -0.1) is 11.6 Å². The minimum atomic E-state index is -0.730. The molecule has 0 aromatic heterocycles. The fraction of sp³-hybridized carbons (Fsp3) is 0.125. The van der Waals surface area contributed by atoms with E-state index in [1.54, 1.807) is 36.4 Å². The molecule has 2 aromatic carbocycles. The van der Waals surface area contributed by atoms with Crippen molar-refractivity contribution in [3.05, 3.63) is 68.2 Å². The fourth-order valence-electron chi connectivity index (χ4n) is 2.58. The highest BCUT2D eigenvalue weighted by Gasteiger charge is 2.40. The Balaban J connectivity index is 2.09. The summed E-state index contributed by atoms with van der Waals surface area (Å²) in [5.74, 6) is -0.819. The third-order valence-corrected chi connectivity index (χ3v) is 5.31. The molecule has 1 aliphatic heterocycles. The highest BCUT2D eigenvalue weighted by Crippen LogP contribution is 2.40. The van der Waals surface area contributed by atoms with Gasteiger partial charge < -0.3 is 0 Å². The van der Waals surface area contributed by atoms with Crippen LogP contribution in [0.1, 0.15) is 32.3 Å². The van der Waals surface area contributed by atoms with E-state index in [1.165, 1.54) is 0 Å². The first-order chi connectivity index (χ1) is 11.0. The number of fused-ring (bicyclic) bond motifs is 1. The summed E-state index contributed by atoms with van der Waals surface area (Å²) in [6, 6.07) is 9.07. The number of rotatable bonds is 3. The predicted octanol–water partition coefficient (Wildman–Crippen LogP) is 5.22. The Morgan fingerprint density at radius 1 is 0.870 bits per heavy atom. The van der Waals surface area contributed by atoms with Gasteiger partial charge in [0.05, 0.1) is 32.2 Å². The summed E-state index contributed by atoms with van der Waals surface area (Å²) in [6.07, 6.45) is 0. The topological polar surface area (TPSA) is 37.4 Å². The maximum Gasteiger partial charge on any atom is 0.262 e. The lowest BCUT2D eigenvalue weighted by Crippen LogP contribution is -2.35. The zero-order valence-corrected chi connectivity index (χ0v) is 14.5. The van der Waals surface area contributed by atoms with Gasteiger partial charge in [-0.1, -0.05) is 53.0 Å². The molecule has 3 rings (SSSR count). The van der Waals surface area contributed by atoms with Gasteiger partial charge in [-0.2, -0.15) is 0 Å². The number of carbonyl (C=O) groups excluding carboxylic acids is 2. The van der Waals surface area contributed by atoms with Crippen LogP contribution in [-0.2, 0) is 0 Å². The number of nitrogens with zero attached hydrogens (tertiary/aromatic N) is 1. The van der Waals surface area contributed by atoms with E-state index < -0.39 is 17.9 Å². The van der Waals surface area contributed by atoms with Gasteiger partial charge in [0.2, 0.25) is 0 Å². The number of carbonyl (C=O) groups is 2.